The van der Waals surface area contributed by atoms with Crippen molar-refractivity contribution in [2.75, 3.05) is 5.73 Å². The van der Waals surface area contributed by atoms with Crippen LogP contribution >= 0.6 is 0 Å². The van der Waals surface area contributed by atoms with E-state index in [1.807, 2.05) is 0 Å². The summed E-state index contributed by atoms with van der Waals surface area (Å²) in [7, 11) is 0. The first kappa shape index (κ1) is 8.11. The Labute approximate surface area is 66.6 Å². The lowest BCUT2D eigenvalue weighted by Crippen LogP contribution is -2.15. The summed E-state index contributed by atoms with van der Waals surface area (Å²) >= 11 is 0. The maximum atomic E-state index is 5.40. The van der Waals surface area contributed by atoms with Gasteiger partial charge in [-0.2, -0.15) is 0 Å². The summed E-state index contributed by atoms with van der Waals surface area (Å²) in [6.07, 6.45) is 1.03. The van der Waals surface area contributed by atoms with E-state index in [4.69, 9.17) is 10.3 Å². The van der Waals surface area contributed by atoms with Gasteiger partial charge in [-0.3, -0.25) is 0 Å². The van der Waals surface area contributed by atoms with Crippen LogP contribution in [-0.4, -0.2) is 5.16 Å². The highest BCUT2D eigenvalue weighted by molar-refractivity contribution is 5.28. The van der Waals surface area contributed by atoms with E-state index >= 15 is 0 Å². The molecule has 1 heterocycles. The van der Waals surface area contributed by atoms with Crippen molar-refractivity contribution in [2.45, 2.75) is 32.6 Å². The van der Waals surface area contributed by atoms with Gasteiger partial charge in [0.05, 0.1) is 5.69 Å². The minimum absolute atomic E-state index is 0.0706. The van der Waals surface area contributed by atoms with Crippen molar-refractivity contribution in [3.05, 3.63) is 11.8 Å². The van der Waals surface area contributed by atoms with Crippen molar-refractivity contribution < 1.29 is 4.52 Å². The van der Waals surface area contributed by atoms with Crippen molar-refractivity contribution in [1.82, 2.24) is 5.16 Å². The molecule has 0 aromatic carbocycles. The number of nitrogen functional groups attached to an aromatic ring is 1. The first-order valence-corrected chi connectivity index (χ1v) is 3.79. The standard InChI is InChI=1S/C8H14N2O/c1-4-8(2,3)6-5-7(9)11-10-6/h5H,4,9H2,1-3H3. The molecule has 0 radical (unpaired) electrons. The molecule has 1 aromatic heterocycles. The van der Waals surface area contributed by atoms with Gasteiger partial charge in [0.15, 0.2) is 0 Å². The molecule has 3 nitrogen and oxygen atoms in total. The summed E-state index contributed by atoms with van der Waals surface area (Å²) in [6, 6.07) is 1.78. The molecular formula is C8H14N2O. The second-order valence-corrected chi connectivity index (χ2v) is 3.35. The highest BCUT2D eigenvalue weighted by atomic mass is 16.5. The summed E-state index contributed by atoms with van der Waals surface area (Å²) in [5.74, 6) is 0.390. The molecule has 0 saturated carbocycles. The van der Waals surface area contributed by atoms with Gasteiger partial charge in [-0.1, -0.05) is 25.9 Å². The van der Waals surface area contributed by atoms with Gasteiger partial charge in [0.1, 0.15) is 0 Å². The third kappa shape index (κ3) is 1.53. The van der Waals surface area contributed by atoms with Gasteiger partial charge in [-0.05, 0) is 6.42 Å². The molecule has 11 heavy (non-hydrogen) atoms. The van der Waals surface area contributed by atoms with E-state index < -0.39 is 0 Å². The van der Waals surface area contributed by atoms with Gasteiger partial charge < -0.3 is 10.3 Å². The molecule has 1 rings (SSSR count). The Bertz CT molecular complexity index is 240. The van der Waals surface area contributed by atoms with Crippen LogP contribution < -0.4 is 5.73 Å². The lowest BCUT2D eigenvalue weighted by molar-refractivity contribution is 0.391. The van der Waals surface area contributed by atoms with E-state index in [2.05, 4.69) is 25.9 Å². The van der Waals surface area contributed by atoms with Crippen LogP contribution in [0.5, 0.6) is 0 Å². The van der Waals surface area contributed by atoms with Crippen LogP contribution in [0.1, 0.15) is 32.9 Å². The van der Waals surface area contributed by atoms with Gasteiger partial charge in [0.25, 0.3) is 0 Å². The van der Waals surface area contributed by atoms with E-state index in [0.717, 1.165) is 12.1 Å². The topological polar surface area (TPSA) is 52.0 Å². The fourth-order valence-electron chi connectivity index (χ4n) is 0.789. The van der Waals surface area contributed by atoms with Crippen molar-refractivity contribution >= 4 is 5.88 Å². The van der Waals surface area contributed by atoms with Gasteiger partial charge in [0, 0.05) is 11.5 Å². The molecule has 3 heteroatoms. The molecule has 62 valence electrons. The maximum Gasteiger partial charge on any atom is 0.222 e. The predicted molar refractivity (Wildman–Crippen MR) is 44.2 cm³/mol. The van der Waals surface area contributed by atoms with Gasteiger partial charge in [-0.25, -0.2) is 0 Å². The van der Waals surface area contributed by atoms with Crippen molar-refractivity contribution in [3.63, 3.8) is 0 Å². The summed E-state index contributed by atoms with van der Waals surface area (Å²) in [5, 5.41) is 3.86. The van der Waals surface area contributed by atoms with Crippen molar-refractivity contribution in [1.29, 1.82) is 0 Å². The second kappa shape index (κ2) is 2.57. The highest BCUT2D eigenvalue weighted by Gasteiger charge is 2.21. The first-order valence-electron chi connectivity index (χ1n) is 3.79. The molecule has 0 bridgehead atoms. The third-order valence-corrected chi connectivity index (χ3v) is 2.11. The Hall–Kier alpha value is -0.990. The summed E-state index contributed by atoms with van der Waals surface area (Å²) in [6.45, 7) is 6.35. The van der Waals surface area contributed by atoms with Crippen LogP contribution in [0, 0.1) is 0 Å². The largest absolute Gasteiger partial charge is 0.368 e. The SMILES string of the molecule is CCC(C)(C)c1cc(N)on1. The van der Waals surface area contributed by atoms with Crippen LogP contribution in [0.3, 0.4) is 0 Å². The quantitative estimate of drug-likeness (QED) is 0.708. The van der Waals surface area contributed by atoms with Gasteiger partial charge >= 0.3 is 0 Å². The first-order chi connectivity index (χ1) is 5.06. The number of rotatable bonds is 2. The summed E-state index contributed by atoms with van der Waals surface area (Å²) in [5.41, 5.74) is 6.40. The smallest absolute Gasteiger partial charge is 0.222 e. The number of anilines is 1. The Morgan fingerprint density at radius 2 is 2.27 bits per heavy atom. The number of aromatic nitrogens is 1. The fraction of sp³-hybridized carbons (Fsp3) is 0.625. The molecule has 0 aliphatic rings. The Kier molecular flexibility index (Phi) is 1.89. The molecule has 0 saturated heterocycles. The molecule has 2 N–H and O–H groups in total. The zero-order valence-corrected chi connectivity index (χ0v) is 7.22. The third-order valence-electron chi connectivity index (χ3n) is 2.11. The van der Waals surface area contributed by atoms with Crippen molar-refractivity contribution in [3.8, 4) is 0 Å². The normalized spacial score (nSPS) is 11.9. The van der Waals surface area contributed by atoms with Crippen molar-refractivity contribution in [2.24, 2.45) is 0 Å². The Morgan fingerprint density at radius 1 is 1.64 bits per heavy atom. The average Bonchev–Trinajstić information content (AvgIpc) is 2.36. The Balaban J connectivity index is 2.92. The predicted octanol–water partition coefficient (Wildman–Crippen LogP) is 1.94. The van der Waals surface area contributed by atoms with E-state index in [9.17, 15) is 0 Å². The van der Waals surface area contributed by atoms with Crippen LogP contribution in [0.25, 0.3) is 0 Å². The summed E-state index contributed by atoms with van der Waals surface area (Å²) in [4.78, 5) is 0. The minimum Gasteiger partial charge on any atom is -0.368 e. The average molecular weight is 154 g/mol. The molecule has 0 unspecified atom stereocenters. The fourth-order valence-corrected chi connectivity index (χ4v) is 0.789. The molecule has 1 aromatic rings. The second-order valence-electron chi connectivity index (χ2n) is 3.35. The molecule has 0 spiro atoms. The highest BCUT2D eigenvalue weighted by Crippen LogP contribution is 2.26. The molecule has 0 amide bonds. The number of hydrogen-bond donors (Lipinski definition) is 1. The maximum absolute atomic E-state index is 5.40. The zero-order valence-electron chi connectivity index (χ0n) is 7.22. The molecule has 0 fully saturated rings. The number of nitrogens with zero attached hydrogens (tertiary/aromatic N) is 1. The van der Waals surface area contributed by atoms with E-state index in [1.54, 1.807) is 6.07 Å². The molecule has 0 atom stereocenters. The van der Waals surface area contributed by atoms with Gasteiger partial charge in [-0.15, -0.1) is 0 Å². The van der Waals surface area contributed by atoms with Crippen LogP contribution in [0.15, 0.2) is 10.6 Å². The van der Waals surface area contributed by atoms with Crippen LogP contribution in [0.4, 0.5) is 5.88 Å². The summed E-state index contributed by atoms with van der Waals surface area (Å²) < 4.78 is 4.78. The molecule has 0 aliphatic heterocycles. The Morgan fingerprint density at radius 3 is 2.64 bits per heavy atom. The zero-order chi connectivity index (χ0) is 8.48. The lowest BCUT2D eigenvalue weighted by atomic mass is 9.87. The van der Waals surface area contributed by atoms with E-state index in [1.165, 1.54) is 0 Å². The number of nitrogens with two attached hydrogens (primary N) is 1. The van der Waals surface area contributed by atoms with Crippen LogP contribution in [-0.2, 0) is 5.41 Å². The van der Waals surface area contributed by atoms with Gasteiger partial charge in [0.2, 0.25) is 5.88 Å². The minimum atomic E-state index is 0.0706. The molecular weight excluding hydrogens is 140 g/mol. The van der Waals surface area contributed by atoms with Crippen LogP contribution in [0.2, 0.25) is 0 Å². The lowest BCUT2D eigenvalue weighted by Gasteiger charge is -2.17. The van der Waals surface area contributed by atoms with E-state index in [-0.39, 0.29) is 5.41 Å². The molecule has 0 aliphatic carbocycles. The monoisotopic (exact) mass is 154 g/mol. The number of hydrogen-bond acceptors (Lipinski definition) is 3. The van der Waals surface area contributed by atoms with E-state index in [0.29, 0.717) is 5.88 Å².